The molecule has 1 aliphatic heterocycles. The van der Waals surface area contributed by atoms with Crippen molar-refractivity contribution in [3.8, 4) is 0 Å². The molecule has 1 fully saturated rings. The van der Waals surface area contributed by atoms with Crippen LogP contribution in [0, 0.1) is 0 Å². The van der Waals surface area contributed by atoms with Gasteiger partial charge in [0.2, 0.25) is 0 Å². The van der Waals surface area contributed by atoms with E-state index in [2.05, 4.69) is 10.3 Å². The Balaban J connectivity index is 1.86. The fraction of sp³-hybridized carbons (Fsp3) is 0.667. The van der Waals surface area contributed by atoms with E-state index in [1.807, 2.05) is 6.20 Å². The molecule has 0 N–H and O–H groups in total. The number of hydrogen-bond acceptors (Lipinski definition) is 4. The average molecular weight is 210 g/mol. The zero-order valence-electron chi connectivity index (χ0n) is 8.83. The monoisotopic (exact) mass is 210 g/mol. The van der Waals surface area contributed by atoms with Gasteiger partial charge in [-0.05, 0) is 6.92 Å². The van der Waals surface area contributed by atoms with Crippen molar-refractivity contribution in [1.82, 2.24) is 19.9 Å². The molecular formula is C9H14N4O2. The molecule has 0 spiro atoms. The van der Waals surface area contributed by atoms with Gasteiger partial charge < -0.3 is 9.64 Å². The molecule has 0 aromatic carbocycles. The summed E-state index contributed by atoms with van der Waals surface area (Å²) in [4.78, 5) is 13.4. The molecule has 0 aliphatic carbocycles. The van der Waals surface area contributed by atoms with Crippen LogP contribution in [-0.2, 0) is 9.53 Å². The second-order valence-electron chi connectivity index (χ2n) is 3.66. The highest BCUT2D eigenvalue weighted by Crippen LogP contribution is 2.20. The Bertz CT molecular complexity index is 332. The van der Waals surface area contributed by atoms with E-state index < -0.39 is 0 Å². The van der Waals surface area contributed by atoms with Crippen molar-refractivity contribution in [2.45, 2.75) is 19.1 Å². The SMILES string of the molecule is COC(C)C(=O)N1CC(n2ccnn2)C1. The molecule has 1 aliphatic rings. The van der Waals surface area contributed by atoms with Gasteiger partial charge in [-0.15, -0.1) is 5.10 Å². The van der Waals surface area contributed by atoms with Crippen LogP contribution in [0.1, 0.15) is 13.0 Å². The maximum Gasteiger partial charge on any atom is 0.251 e. The average Bonchev–Trinajstić information content (AvgIpc) is 2.67. The van der Waals surface area contributed by atoms with Crippen LogP contribution in [0.5, 0.6) is 0 Å². The molecule has 1 aromatic heterocycles. The summed E-state index contributed by atoms with van der Waals surface area (Å²) in [6.45, 7) is 3.14. The standard InChI is InChI=1S/C9H14N4O2/c1-7(15-2)9(14)12-5-8(6-12)13-4-3-10-11-13/h3-4,7-8H,5-6H2,1-2H3. The summed E-state index contributed by atoms with van der Waals surface area (Å²) < 4.78 is 6.75. The molecule has 2 heterocycles. The zero-order valence-corrected chi connectivity index (χ0v) is 8.83. The van der Waals surface area contributed by atoms with Crippen LogP contribution < -0.4 is 0 Å². The maximum absolute atomic E-state index is 11.6. The highest BCUT2D eigenvalue weighted by molar-refractivity contribution is 5.81. The van der Waals surface area contributed by atoms with Crippen LogP contribution in [0.4, 0.5) is 0 Å². The third kappa shape index (κ3) is 1.85. The largest absolute Gasteiger partial charge is 0.372 e. The first kappa shape index (κ1) is 10.1. The number of ether oxygens (including phenoxy) is 1. The molecule has 82 valence electrons. The Kier molecular flexibility index (Phi) is 2.68. The highest BCUT2D eigenvalue weighted by atomic mass is 16.5. The van der Waals surface area contributed by atoms with E-state index in [-0.39, 0.29) is 18.1 Å². The number of hydrogen-bond donors (Lipinski definition) is 0. The van der Waals surface area contributed by atoms with Gasteiger partial charge in [0.05, 0.1) is 12.2 Å². The van der Waals surface area contributed by atoms with E-state index in [1.165, 1.54) is 7.11 Å². The summed E-state index contributed by atoms with van der Waals surface area (Å²) in [6, 6.07) is 0.264. The minimum Gasteiger partial charge on any atom is -0.372 e. The third-order valence-electron chi connectivity index (χ3n) is 2.69. The van der Waals surface area contributed by atoms with Crippen molar-refractivity contribution in [1.29, 1.82) is 0 Å². The van der Waals surface area contributed by atoms with Crippen LogP contribution in [0.2, 0.25) is 0 Å². The summed E-state index contributed by atoms with van der Waals surface area (Å²) in [5, 5.41) is 7.63. The topological polar surface area (TPSA) is 60.2 Å². The van der Waals surface area contributed by atoms with Crippen molar-refractivity contribution in [2.24, 2.45) is 0 Å². The van der Waals surface area contributed by atoms with Crippen LogP contribution in [0.15, 0.2) is 12.4 Å². The van der Waals surface area contributed by atoms with Crippen molar-refractivity contribution < 1.29 is 9.53 Å². The van der Waals surface area contributed by atoms with E-state index in [0.29, 0.717) is 13.1 Å². The Morgan fingerprint density at radius 1 is 1.60 bits per heavy atom. The molecule has 2 rings (SSSR count). The molecule has 1 unspecified atom stereocenters. The van der Waals surface area contributed by atoms with Crippen LogP contribution in [-0.4, -0.2) is 52.1 Å². The summed E-state index contributed by atoms with van der Waals surface area (Å²) in [5.41, 5.74) is 0. The van der Waals surface area contributed by atoms with Gasteiger partial charge in [0.1, 0.15) is 6.10 Å². The lowest BCUT2D eigenvalue weighted by atomic mass is 10.1. The first-order chi connectivity index (χ1) is 7.22. The first-order valence-corrected chi connectivity index (χ1v) is 4.89. The number of likely N-dealkylation sites (tertiary alicyclic amines) is 1. The Labute approximate surface area is 87.8 Å². The summed E-state index contributed by atoms with van der Waals surface area (Å²) >= 11 is 0. The number of nitrogens with zero attached hydrogens (tertiary/aromatic N) is 4. The van der Waals surface area contributed by atoms with Gasteiger partial charge >= 0.3 is 0 Å². The number of rotatable bonds is 3. The second-order valence-corrected chi connectivity index (χ2v) is 3.66. The van der Waals surface area contributed by atoms with E-state index in [1.54, 1.807) is 22.7 Å². The molecule has 6 nitrogen and oxygen atoms in total. The summed E-state index contributed by atoms with van der Waals surface area (Å²) in [5.74, 6) is 0.0360. The summed E-state index contributed by atoms with van der Waals surface area (Å²) in [6.07, 6.45) is 3.09. The van der Waals surface area contributed by atoms with Gasteiger partial charge in [-0.3, -0.25) is 4.79 Å². The van der Waals surface area contributed by atoms with Gasteiger partial charge in [-0.2, -0.15) is 0 Å². The van der Waals surface area contributed by atoms with E-state index in [4.69, 9.17) is 4.74 Å². The van der Waals surface area contributed by atoms with Crippen molar-refractivity contribution >= 4 is 5.91 Å². The molecule has 0 saturated carbocycles. The van der Waals surface area contributed by atoms with Crippen molar-refractivity contribution in [2.75, 3.05) is 20.2 Å². The zero-order chi connectivity index (χ0) is 10.8. The maximum atomic E-state index is 11.6. The minimum atomic E-state index is -0.360. The van der Waals surface area contributed by atoms with Crippen LogP contribution >= 0.6 is 0 Å². The van der Waals surface area contributed by atoms with Crippen LogP contribution in [0.3, 0.4) is 0 Å². The lowest BCUT2D eigenvalue weighted by Gasteiger charge is -2.39. The lowest BCUT2D eigenvalue weighted by molar-refractivity contribution is -0.147. The number of aromatic nitrogens is 3. The van der Waals surface area contributed by atoms with Crippen molar-refractivity contribution in [3.63, 3.8) is 0 Å². The molecule has 1 atom stereocenters. The Morgan fingerprint density at radius 3 is 2.87 bits per heavy atom. The van der Waals surface area contributed by atoms with Gasteiger partial charge in [0.15, 0.2) is 0 Å². The number of carbonyl (C=O) groups is 1. The molecule has 1 saturated heterocycles. The molecule has 6 heteroatoms. The van der Waals surface area contributed by atoms with Gasteiger partial charge in [-0.1, -0.05) is 5.21 Å². The van der Waals surface area contributed by atoms with Crippen LogP contribution in [0.25, 0.3) is 0 Å². The van der Waals surface area contributed by atoms with Crippen molar-refractivity contribution in [3.05, 3.63) is 12.4 Å². The third-order valence-corrected chi connectivity index (χ3v) is 2.69. The minimum absolute atomic E-state index is 0.0360. The Hall–Kier alpha value is -1.43. The predicted octanol–water partition coefficient (Wildman–Crippen LogP) is -0.304. The Morgan fingerprint density at radius 2 is 2.33 bits per heavy atom. The van der Waals surface area contributed by atoms with Gasteiger partial charge in [0, 0.05) is 26.4 Å². The second kappa shape index (κ2) is 3.98. The molecule has 1 amide bonds. The van der Waals surface area contributed by atoms with E-state index in [0.717, 1.165) is 0 Å². The quantitative estimate of drug-likeness (QED) is 0.687. The normalized spacial score (nSPS) is 18.7. The van der Waals surface area contributed by atoms with E-state index in [9.17, 15) is 4.79 Å². The fourth-order valence-electron chi connectivity index (χ4n) is 1.57. The van der Waals surface area contributed by atoms with Gasteiger partial charge in [-0.25, -0.2) is 4.68 Å². The number of amides is 1. The number of carbonyl (C=O) groups excluding carboxylic acids is 1. The first-order valence-electron chi connectivity index (χ1n) is 4.89. The molecule has 1 aromatic rings. The molecule has 0 radical (unpaired) electrons. The summed E-state index contributed by atoms with van der Waals surface area (Å²) in [7, 11) is 1.54. The van der Waals surface area contributed by atoms with Gasteiger partial charge in [0.25, 0.3) is 5.91 Å². The molecule has 15 heavy (non-hydrogen) atoms. The molecule has 0 bridgehead atoms. The predicted molar refractivity (Wildman–Crippen MR) is 52.1 cm³/mol. The number of methoxy groups -OCH3 is 1. The molecular weight excluding hydrogens is 196 g/mol. The lowest BCUT2D eigenvalue weighted by Crippen LogP contribution is -2.53. The smallest absolute Gasteiger partial charge is 0.251 e. The fourth-order valence-corrected chi connectivity index (χ4v) is 1.57. The van der Waals surface area contributed by atoms with E-state index >= 15 is 0 Å². The highest BCUT2D eigenvalue weighted by Gasteiger charge is 2.34.